The largest absolute Gasteiger partial charge is 0.486 e. The lowest BCUT2D eigenvalue weighted by Gasteiger charge is -2.12. The first-order valence-electron chi connectivity index (χ1n) is 4.98. The van der Waals surface area contributed by atoms with Gasteiger partial charge in [-0.15, -0.1) is 0 Å². The van der Waals surface area contributed by atoms with Gasteiger partial charge in [-0.1, -0.05) is 0 Å². The molecule has 6 heteroatoms. The Morgan fingerprint density at radius 3 is 3.00 bits per heavy atom. The molecule has 16 heavy (non-hydrogen) atoms. The molecular formula is C10H11FN2O3. The van der Waals surface area contributed by atoms with Gasteiger partial charge < -0.3 is 10.1 Å². The van der Waals surface area contributed by atoms with Crippen molar-refractivity contribution in [3.8, 4) is 5.75 Å². The third-order valence-corrected chi connectivity index (χ3v) is 2.43. The minimum atomic E-state index is -0.572. The monoisotopic (exact) mass is 226 g/mol. The van der Waals surface area contributed by atoms with Crippen LogP contribution in [0.1, 0.15) is 6.42 Å². The number of hydrogen-bond acceptors (Lipinski definition) is 4. The van der Waals surface area contributed by atoms with Gasteiger partial charge >= 0.3 is 0 Å². The summed E-state index contributed by atoms with van der Waals surface area (Å²) in [5, 5.41) is 13.6. The van der Waals surface area contributed by atoms with Gasteiger partial charge in [0.05, 0.1) is 11.0 Å². The molecule has 0 saturated carbocycles. The number of hydrogen-bond donors (Lipinski definition) is 1. The number of nitro benzene ring substituents is 1. The first-order chi connectivity index (χ1) is 7.66. The lowest BCUT2D eigenvalue weighted by atomic mass is 10.2. The summed E-state index contributed by atoms with van der Waals surface area (Å²) in [4.78, 5) is 9.95. The van der Waals surface area contributed by atoms with Crippen LogP contribution in [-0.4, -0.2) is 24.1 Å². The molecule has 0 spiro atoms. The van der Waals surface area contributed by atoms with E-state index in [0.29, 0.717) is 6.54 Å². The van der Waals surface area contributed by atoms with E-state index in [1.807, 2.05) is 0 Å². The van der Waals surface area contributed by atoms with Crippen LogP contribution in [0.15, 0.2) is 18.2 Å². The van der Waals surface area contributed by atoms with E-state index in [4.69, 9.17) is 4.74 Å². The third-order valence-electron chi connectivity index (χ3n) is 2.43. The smallest absolute Gasteiger partial charge is 0.273 e. The van der Waals surface area contributed by atoms with Crippen molar-refractivity contribution >= 4 is 5.69 Å². The maximum atomic E-state index is 13.3. The van der Waals surface area contributed by atoms with Gasteiger partial charge in [0.25, 0.3) is 5.69 Å². The molecule has 0 aromatic heterocycles. The highest BCUT2D eigenvalue weighted by Crippen LogP contribution is 2.25. The van der Waals surface area contributed by atoms with Crippen molar-refractivity contribution in [2.45, 2.75) is 12.5 Å². The molecule has 0 unspecified atom stereocenters. The van der Waals surface area contributed by atoms with Gasteiger partial charge in [-0.3, -0.25) is 10.1 Å². The Morgan fingerprint density at radius 1 is 1.56 bits per heavy atom. The number of non-ortho nitro benzene ring substituents is 1. The van der Waals surface area contributed by atoms with Crippen molar-refractivity contribution in [2.75, 3.05) is 13.1 Å². The molecule has 0 aliphatic carbocycles. The maximum Gasteiger partial charge on any atom is 0.273 e. The molecule has 1 heterocycles. The molecule has 2 rings (SSSR count). The SMILES string of the molecule is O=[N+]([O-])c1ccc(F)c(O[C@@H]2CCNC2)c1. The number of rotatable bonds is 3. The number of halogens is 1. The summed E-state index contributed by atoms with van der Waals surface area (Å²) in [6, 6.07) is 3.29. The van der Waals surface area contributed by atoms with Crippen molar-refractivity contribution in [1.29, 1.82) is 0 Å². The molecule has 1 aliphatic rings. The number of nitro groups is 1. The van der Waals surface area contributed by atoms with Crippen molar-refractivity contribution in [2.24, 2.45) is 0 Å². The highest BCUT2D eigenvalue weighted by molar-refractivity contribution is 5.39. The zero-order valence-corrected chi connectivity index (χ0v) is 8.48. The summed E-state index contributed by atoms with van der Waals surface area (Å²) < 4.78 is 18.7. The maximum absolute atomic E-state index is 13.3. The minimum absolute atomic E-state index is 0.0529. The van der Waals surface area contributed by atoms with E-state index in [-0.39, 0.29) is 17.5 Å². The molecule has 86 valence electrons. The summed E-state index contributed by atoms with van der Waals surface area (Å²) in [6.07, 6.45) is 0.666. The van der Waals surface area contributed by atoms with Crippen molar-refractivity contribution in [3.63, 3.8) is 0 Å². The topological polar surface area (TPSA) is 64.4 Å². The lowest BCUT2D eigenvalue weighted by molar-refractivity contribution is -0.385. The van der Waals surface area contributed by atoms with Gasteiger partial charge in [0.2, 0.25) is 0 Å². The molecule has 5 nitrogen and oxygen atoms in total. The van der Waals surface area contributed by atoms with Crippen molar-refractivity contribution in [1.82, 2.24) is 5.32 Å². The second-order valence-corrected chi connectivity index (χ2v) is 3.60. The van der Waals surface area contributed by atoms with Gasteiger partial charge in [0, 0.05) is 12.6 Å². The van der Waals surface area contributed by atoms with Crippen molar-refractivity contribution in [3.05, 3.63) is 34.1 Å². The van der Waals surface area contributed by atoms with Crippen LogP contribution in [0.5, 0.6) is 5.75 Å². The van der Waals surface area contributed by atoms with E-state index in [2.05, 4.69) is 5.32 Å². The van der Waals surface area contributed by atoms with Crippen LogP contribution in [0.25, 0.3) is 0 Å². The van der Waals surface area contributed by atoms with Gasteiger partial charge in [-0.2, -0.15) is 0 Å². The average molecular weight is 226 g/mol. The first-order valence-corrected chi connectivity index (χ1v) is 4.98. The Hall–Kier alpha value is -1.69. The van der Waals surface area contributed by atoms with E-state index in [9.17, 15) is 14.5 Å². The minimum Gasteiger partial charge on any atom is -0.486 e. The second-order valence-electron chi connectivity index (χ2n) is 3.60. The molecule has 1 N–H and O–H groups in total. The van der Waals surface area contributed by atoms with Crippen LogP contribution < -0.4 is 10.1 Å². The van der Waals surface area contributed by atoms with Gasteiger partial charge in [0.15, 0.2) is 11.6 Å². The van der Waals surface area contributed by atoms with E-state index in [1.165, 1.54) is 0 Å². The summed E-state index contributed by atoms with van der Waals surface area (Å²) in [6.45, 7) is 1.46. The van der Waals surface area contributed by atoms with Crippen LogP contribution in [0.2, 0.25) is 0 Å². The van der Waals surface area contributed by atoms with Crippen LogP contribution in [0.3, 0.4) is 0 Å². The van der Waals surface area contributed by atoms with Crippen LogP contribution in [-0.2, 0) is 0 Å². The Labute approximate surface area is 91.4 Å². The van der Waals surface area contributed by atoms with Crippen LogP contribution >= 0.6 is 0 Å². The molecule has 0 bridgehead atoms. The predicted octanol–water partition coefficient (Wildman–Crippen LogP) is 1.47. The quantitative estimate of drug-likeness (QED) is 0.626. The number of nitrogens with zero attached hydrogens (tertiary/aromatic N) is 1. The van der Waals surface area contributed by atoms with Gasteiger partial charge in [-0.25, -0.2) is 4.39 Å². The predicted molar refractivity (Wildman–Crippen MR) is 55.0 cm³/mol. The zero-order chi connectivity index (χ0) is 11.5. The summed E-state index contributed by atoms with van der Waals surface area (Å²) in [5.74, 6) is -0.625. The fraction of sp³-hybridized carbons (Fsp3) is 0.400. The molecule has 1 atom stereocenters. The second kappa shape index (κ2) is 4.44. The lowest BCUT2D eigenvalue weighted by Crippen LogP contribution is -2.20. The first kappa shape index (κ1) is 10.8. The Balaban J connectivity index is 2.17. The number of ether oxygens (including phenoxy) is 1. The highest BCUT2D eigenvalue weighted by atomic mass is 19.1. The van der Waals surface area contributed by atoms with Crippen LogP contribution in [0, 0.1) is 15.9 Å². The average Bonchev–Trinajstić information content (AvgIpc) is 2.73. The fourth-order valence-electron chi connectivity index (χ4n) is 1.60. The number of benzene rings is 1. The zero-order valence-electron chi connectivity index (χ0n) is 8.48. The highest BCUT2D eigenvalue weighted by Gasteiger charge is 2.19. The van der Waals surface area contributed by atoms with E-state index >= 15 is 0 Å². The standard InChI is InChI=1S/C10H11FN2O3/c11-9-2-1-7(13(14)15)5-10(9)16-8-3-4-12-6-8/h1-2,5,8,12H,3-4,6H2/t8-/m1/s1. The van der Waals surface area contributed by atoms with Crippen molar-refractivity contribution < 1.29 is 14.1 Å². The molecule has 1 aromatic rings. The van der Waals surface area contributed by atoms with Gasteiger partial charge in [-0.05, 0) is 19.0 Å². The third kappa shape index (κ3) is 2.27. The Bertz CT molecular complexity index is 405. The fourth-order valence-corrected chi connectivity index (χ4v) is 1.60. The molecule has 0 radical (unpaired) electrons. The van der Waals surface area contributed by atoms with E-state index in [1.54, 1.807) is 0 Å². The molecule has 1 fully saturated rings. The molecule has 0 amide bonds. The Kier molecular flexibility index (Phi) is 3.00. The summed E-state index contributed by atoms with van der Waals surface area (Å²) >= 11 is 0. The van der Waals surface area contributed by atoms with E-state index < -0.39 is 10.7 Å². The van der Waals surface area contributed by atoms with Gasteiger partial charge in [0.1, 0.15) is 6.10 Å². The van der Waals surface area contributed by atoms with Crippen LogP contribution in [0.4, 0.5) is 10.1 Å². The summed E-state index contributed by atoms with van der Waals surface area (Å²) in [5.41, 5.74) is -0.164. The Morgan fingerprint density at radius 2 is 2.38 bits per heavy atom. The molecular weight excluding hydrogens is 215 g/mol. The van der Waals surface area contributed by atoms with E-state index in [0.717, 1.165) is 31.2 Å². The number of nitrogens with one attached hydrogen (secondary N) is 1. The molecule has 1 aromatic carbocycles. The summed E-state index contributed by atoms with van der Waals surface area (Å²) in [7, 11) is 0. The normalized spacial score (nSPS) is 19.7. The molecule has 1 aliphatic heterocycles. The molecule has 1 saturated heterocycles.